The highest BCUT2D eigenvalue weighted by Gasteiger charge is 2.39. The maximum Gasteiger partial charge on any atom is 0.254 e. The van der Waals surface area contributed by atoms with Crippen LogP contribution in [0, 0.1) is 0 Å². The van der Waals surface area contributed by atoms with Crippen molar-refractivity contribution in [1.29, 1.82) is 0 Å². The van der Waals surface area contributed by atoms with Crippen molar-refractivity contribution in [2.24, 2.45) is 0 Å². The van der Waals surface area contributed by atoms with Crippen LogP contribution in [0.3, 0.4) is 0 Å². The molecule has 9 heteroatoms. The fourth-order valence-corrected chi connectivity index (χ4v) is 3.16. The van der Waals surface area contributed by atoms with E-state index in [2.05, 4.69) is 5.32 Å². The second-order valence-electron chi connectivity index (χ2n) is 4.69. The minimum absolute atomic E-state index is 0.232. The van der Waals surface area contributed by atoms with Crippen molar-refractivity contribution in [3.63, 3.8) is 0 Å². The van der Waals surface area contributed by atoms with Crippen LogP contribution in [0.4, 0.5) is 0 Å². The van der Waals surface area contributed by atoms with Crippen LogP contribution in [-0.2, 0) is 4.74 Å². The van der Waals surface area contributed by atoms with Gasteiger partial charge in [0.2, 0.25) is 3.79 Å². The Balaban J connectivity index is 2.17. The fraction of sp³-hybridized carbons (Fsp3) is 0.462. The van der Waals surface area contributed by atoms with Crippen molar-refractivity contribution in [3.05, 3.63) is 33.8 Å². The molecule has 1 aromatic carbocycles. The highest BCUT2D eigenvalue weighted by atomic mass is 35.6. The molecule has 1 saturated heterocycles. The number of amides is 1. The lowest BCUT2D eigenvalue weighted by atomic mass is 10.2. The number of carbonyl (C=O) groups is 1. The molecule has 1 atom stereocenters. The van der Waals surface area contributed by atoms with Crippen molar-refractivity contribution >= 4 is 63.9 Å². The summed E-state index contributed by atoms with van der Waals surface area (Å²) in [6, 6.07) is 4.58. The Morgan fingerprint density at radius 3 is 2.41 bits per heavy atom. The van der Waals surface area contributed by atoms with Crippen molar-refractivity contribution < 1.29 is 9.53 Å². The molecule has 1 aliphatic heterocycles. The van der Waals surface area contributed by atoms with E-state index in [0.717, 1.165) is 0 Å². The van der Waals surface area contributed by atoms with E-state index in [-0.39, 0.29) is 10.6 Å². The SMILES string of the molecule is O=C(NC(N1CCOCC1)C(Cl)(Cl)Cl)c1ccc(Cl)cc1Cl. The summed E-state index contributed by atoms with van der Waals surface area (Å²) in [5.74, 6) is -0.440. The minimum atomic E-state index is -1.69. The number of carbonyl (C=O) groups excluding carboxylic acids is 1. The third-order valence-electron chi connectivity index (χ3n) is 3.16. The Hall–Kier alpha value is 0.0600. The van der Waals surface area contributed by atoms with Gasteiger partial charge in [-0.1, -0.05) is 58.0 Å². The lowest BCUT2D eigenvalue weighted by Gasteiger charge is -2.38. The number of nitrogens with one attached hydrogen (secondary N) is 1. The molecule has 1 unspecified atom stereocenters. The van der Waals surface area contributed by atoms with Gasteiger partial charge >= 0.3 is 0 Å². The standard InChI is InChI=1S/C13H13Cl5N2O2/c14-8-1-2-9(10(15)7-8)11(21)19-12(13(16,17)18)20-3-5-22-6-4-20/h1-2,7,12H,3-6H2,(H,19,21). The van der Waals surface area contributed by atoms with E-state index in [9.17, 15) is 4.79 Å². The highest BCUT2D eigenvalue weighted by Crippen LogP contribution is 2.33. The van der Waals surface area contributed by atoms with E-state index in [0.29, 0.717) is 31.3 Å². The average molecular weight is 407 g/mol. The van der Waals surface area contributed by atoms with E-state index in [1.165, 1.54) is 12.1 Å². The Morgan fingerprint density at radius 1 is 1.23 bits per heavy atom. The number of ether oxygens (including phenoxy) is 1. The first-order valence-electron chi connectivity index (χ1n) is 6.43. The van der Waals surface area contributed by atoms with Crippen LogP contribution in [0.2, 0.25) is 10.0 Å². The van der Waals surface area contributed by atoms with Gasteiger partial charge in [-0.2, -0.15) is 0 Å². The molecule has 1 aliphatic rings. The summed E-state index contributed by atoms with van der Waals surface area (Å²) in [6.45, 7) is 2.12. The Kier molecular flexibility index (Phi) is 6.48. The molecule has 1 fully saturated rings. The first kappa shape index (κ1) is 18.4. The fourth-order valence-electron chi connectivity index (χ4n) is 2.09. The largest absolute Gasteiger partial charge is 0.379 e. The van der Waals surface area contributed by atoms with Crippen molar-refractivity contribution in [2.45, 2.75) is 9.96 Å². The number of morpholine rings is 1. The lowest BCUT2D eigenvalue weighted by molar-refractivity contribution is 0.00996. The smallest absolute Gasteiger partial charge is 0.254 e. The second kappa shape index (κ2) is 7.75. The summed E-state index contributed by atoms with van der Waals surface area (Å²) < 4.78 is 3.58. The molecule has 1 aromatic rings. The zero-order valence-electron chi connectivity index (χ0n) is 11.3. The third kappa shape index (κ3) is 4.78. The van der Waals surface area contributed by atoms with Gasteiger partial charge in [0.15, 0.2) is 0 Å². The Labute approximate surface area is 153 Å². The monoisotopic (exact) mass is 404 g/mol. The summed E-state index contributed by atoms with van der Waals surface area (Å²) >= 11 is 29.9. The molecule has 0 radical (unpaired) electrons. The summed E-state index contributed by atoms with van der Waals surface area (Å²) in [6.07, 6.45) is -0.791. The zero-order valence-corrected chi connectivity index (χ0v) is 15.1. The van der Waals surface area contributed by atoms with Crippen LogP contribution in [0.1, 0.15) is 10.4 Å². The van der Waals surface area contributed by atoms with Gasteiger partial charge in [-0.05, 0) is 18.2 Å². The normalized spacial score (nSPS) is 18.0. The maximum absolute atomic E-state index is 12.4. The summed E-state index contributed by atoms with van der Waals surface area (Å²) in [7, 11) is 0. The molecule has 122 valence electrons. The van der Waals surface area contributed by atoms with Crippen LogP contribution < -0.4 is 5.32 Å². The van der Waals surface area contributed by atoms with Gasteiger partial charge in [0.05, 0.1) is 23.8 Å². The van der Waals surface area contributed by atoms with Crippen molar-refractivity contribution in [3.8, 4) is 0 Å². The number of halogens is 5. The first-order valence-corrected chi connectivity index (χ1v) is 8.32. The van der Waals surface area contributed by atoms with Gasteiger partial charge in [-0.15, -0.1) is 0 Å². The van der Waals surface area contributed by atoms with E-state index < -0.39 is 15.9 Å². The zero-order chi connectivity index (χ0) is 16.3. The Bertz CT molecular complexity index is 544. The van der Waals surface area contributed by atoms with Crippen LogP contribution in [-0.4, -0.2) is 47.1 Å². The molecule has 0 saturated carbocycles. The van der Waals surface area contributed by atoms with Crippen LogP contribution in [0.15, 0.2) is 18.2 Å². The quantitative estimate of drug-likeness (QED) is 0.778. The average Bonchev–Trinajstić information content (AvgIpc) is 2.44. The number of alkyl halides is 3. The maximum atomic E-state index is 12.4. The van der Waals surface area contributed by atoms with Crippen LogP contribution in [0.25, 0.3) is 0 Å². The van der Waals surface area contributed by atoms with E-state index in [1.54, 1.807) is 6.07 Å². The highest BCUT2D eigenvalue weighted by molar-refractivity contribution is 6.68. The predicted octanol–water partition coefficient (Wildman–Crippen LogP) is 3.75. The number of hydrogen-bond acceptors (Lipinski definition) is 3. The van der Waals surface area contributed by atoms with E-state index in [4.69, 9.17) is 62.7 Å². The number of benzene rings is 1. The molecular formula is C13H13Cl5N2O2. The lowest BCUT2D eigenvalue weighted by Crippen LogP contribution is -2.58. The van der Waals surface area contributed by atoms with Gasteiger partial charge in [0, 0.05) is 18.1 Å². The summed E-state index contributed by atoms with van der Waals surface area (Å²) in [5.41, 5.74) is 0.263. The topological polar surface area (TPSA) is 41.6 Å². The van der Waals surface area contributed by atoms with Gasteiger partial charge in [0.25, 0.3) is 5.91 Å². The minimum Gasteiger partial charge on any atom is -0.379 e. The number of rotatable bonds is 3. The number of hydrogen-bond donors (Lipinski definition) is 1. The molecule has 0 aliphatic carbocycles. The third-order valence-corrected chi connectivity index (χ3v) is 4.33. The molecule has 22 heavy (non-hydrogen) atoms. The summed E-state index contributed by atoms with van der Waals surface area (Å²) in [4.78, 5) is 14.2. The van der Waals surface area contributed by atoms with Gasteiger partial charge in [-0.3, -0.25) is 9.69 Å². The molecule has 0 spiro atoms. The van der Waals surface area contributed by atoms with Crippen LogP contribution in [0.5, 0.6) is 0 Å². The summed E-state index contributed by atoms with van der Waals surface area (Å²) in [5, 5.41) is 3.38. The molecule has 0 aromatic heterocycles. The molecule has 1 amide bonds. The van der Waals surface area contributed by atoms with Gasteiger partial charge in [-0.25, -0.2) is 0 Å². The van der Waals surface area contributed by atoms with Gasteiger partial charge in [0.1, 0.15) is 6.17 Å². The van der Waals surface area contributed by atoms with Crippen molar-refractivity contribution in [2.75, 3.05) is 26.3 Å². The molecule has 0 bridgehead atoms. The Morgan fingerprint density at radius 2 is 1.86 bits per heavy atom. The van der Waals surface area contributed by atoms with Gasteiger partial charge < -0.3 is 10.1 Å². The number of nitrogens with zero attached hydrogens (tertiary/aromatic N) is 1. The van der Waals surface area contributed by atoms with E-state index in [1.807, 2.05) is 4.90 Å². The first-order chi connectivity index (χ1) is 10.3. The van der Waals surface area contributed by atoms with Crippen molar-refractivity contribution in [1.82, 2.24) is 10.2 Å². The van der Waals surface area contributed by atoms with Crippen LogP contribution >= 0.6 is 58.0 Å². The van der Waals surface area contributed by atoms with E-state index >= 15 is 0 Å². The molecule has 4 nitrogen and oxygen atoms in total. The molecule has 2 rings (SSSR count). The molecule has 1 N–H and O–H groups in total. The second-order valence-corrected chi connectivity index (χ2v) is 7.90. The molecule has 1 heterocycles. The molecular weight excluding hydrogens is 393 g/mol. The predicted molar refractivity (Wildman–Crippen MR) is 90.4 cm³/mol.